The van der Waals surface area contributed by atoms with Crippen molar-refractivity contribution in [1.82, 2.24) is 9.78 Å². The molecule has 1 atom stereocenters. The fourth-order valence-corrected chi connectivity index (χ4v) is 1.85. The number of nitrogens with two attached hydrogens (primary N) is 1. The molecule has 1 aromatic heterocycles. The van der Waals surface area contributed by atoms with E-state index in [4.69, 9.17) is 5.73 Å². The molecule has 2 aromatic rings. The summed E-state index contributed by atoms with van der Waals surface area (Å²) >= 11 is 0. The van der Waals surface area contributed by atoms with E-state index < -0.39 is 0 Å². The van der Waals surface area contributed by atoms with Crippen LogP contribution in [-0.4, -0.2) is 15.8 Å². The number of aryl methyl sites for hydroxylation is 1. The van der Waals surface area contributed by atoms with Crippen LogP contribution >= 0.6 is 0 Å². The van der Waals surface area contributed by atoms with E-state index in [1.54, 1.807) is 6.20 Å². The van der Waals surface area contributed by atoms with Crippen molar-refractivity contribution in [3.05, 3.63) is 42.2 Å². The molecular formula is C13H18N4. The van der Waals surface area contributed by atoms with Gasteiger partial charge in [-0.2, -0.15) is 5.10 Å². The molecule has 1 aromatic carbocycles. The largest absolute Gasteiger partial charge is 0.399 e. The summed E-state index contributed by atoms with van der Waals surface area (Å²) < 4.78 is 1.92. The van der Waals surface area contributed by atoms with Crippen molar-refractivity contribution < 1.29 is 0 Å². The lowest BCUT2D eigenvalue weighted by atomic mass is 10.1. The Bertz CT molecular complexity index is 476. The minimum absolute atomic E-state index is 0.317. The Labute approximate surface area is 101 Å². The molecule has 0 spiro atoms. The molecule has 4 nitrogen and oxygen atoms in total. The van der Waals surface area contributed by atoms with Crippen LogP contribution in [0.1, 0.15) is 12.5 Å². The van der Waals surface area contributed by atoms with E-state index in [1.165, 1.54) is 0 Å². The first-order valence-corrected chi connectivity index (χ1v) is 5.75. The zero-order valence-electron chi connectivity index (χ0n) is 10.2. The fourth-order valence-electron chi connectivity index (χ4n) is 1.85. The summed E-state index contributed by atoms with van der Waals surface area (Å²) in [5.41, 5.74) is 8.81. The molecule has 0 bridgehead atoms. The summed E-state index contributed by atoms with van der Waals surface area (Å²) in [7, 11) is 0. The lowest BCUT2D eigenvalue weighted by Gasteiger charge is -2.17. The van der Waals surface area contributed by atoms with Gasteiger partial charge in [0.05, 0.1) is 6.54 Å². The van der Waals surface area contributed by atoms with Crippen LogP contribution in [0.15, 0.2) is 36.7 Å². The minimum atomic E-state index is 0.317. The second kappa shape index (κ2) is 4.91. The smallest absolute Gasteiger partial charge is 0.0608 e. The maximum atomic E-state index is 5.73. The van der Waals surface area contributed by atoms with Gasteiger partial charge in [-0.1, -0.05) is 0 Å². The molecule has 1 unspecified atom stereocenters. The molecular weight excluding hydrogens is 212 g/mol. The molecule has 0 radical (unpaired) electrons. The highest BCUT2D eigenvalue weighted by Gasteiger charge is 2.05. The van der Waals surface area contributed by atoms with E-state index in [2.05, 4.69) is 24.3 Å². The number of aromatic nitrogens is 2. The zero-order valence-corrected chi connectivity index (χ0v) is 10.2. The molecule has 0 saturated heterocycles. The number of nitrogens with one attached hydrogen (secondary N) is 1. The average Bonchev–Trinajstić information content (AvgIpc) is 2.75. The molecule has 3 N–H and O–H groups in total. The summed E-state index contributed by atoms with van der Waals surface area (Å²) in [6.07, 6.45) is 3.76. The van der Waals surface area contributed by atoms with Gasteiger partial charge in [-0.3, -0.25) is 4.68 Å². The van der Waals surface area contributed by atoms with Crippen LogP contribution in [0.3, 0.4) is 0 Å². The minimum Gasteiger partial charge on any atom is -0.399 e. The van der Waals surface area contributed by atoms with Gasteiger partial charge in [-0.25, -0.2) is 0 Å². The summed E-state index contributed by atoms with van der Waals surface area (Å²) in [4.78, 5) is 0. The molecule has 17 heavy (non-hydrogen) atoms. The Morgan fingerprint density at radius 1 is 1.47 bits per heavy atom. The molecule has 90 valence electrons. The van der Waals surface area contributed by atoms with Crippen LogP contribution in [0.4, 0.5) is 11.4 Å². The van der Waals surface area contributed by atoms with Gasteiger partial charge in [0.25, 0.3) is 0 Å². The number of anilines is 2. The van der Waals surface area contributed by atoms with Crippen molar-refractivity contribution in [2.24, 2.45) is 0 Å². The Balaban J connectivity index is 2.00. The van der Waals surface area contributed by atoms with Crippen LogP contribution in [0.5, 0.6) is 0 Å². The molecule has 0 amide bonds. The number of nitrogen functional groups attached to an aromatic ring is 1. The maximum Gasteiger partial charge on any atom is 0.0608 e. The molecule has 0 fully saturated rings. The highest BCUT2D eigenvalue weighted by Crippen LogP contribution is 2.18. The second-order valence-electron chi connectivity index (χ2n) is 4.35. The lowest BCUT2D eigenvalue weighted by molar-refractivity contribution is 0.560. The van der Waals surface area contributed by atoms with Gasteiger partial charge < -0.3 is 11.1 Å². The molecule has 0 aliphatic heterocycles. The van der Waals surface area contributed by atoms with Crippen molar-refractivity contribution in [2.45, 2.75) is 26.4 Å². The number of benzene rings is 1. The maximum absolute atomic E-state index is 5.73. The van der Waals surface area contributed by atoms with Gasteiger partial charge in [0.15, 0.2) is 0 Å². The van der Waals surface area contributed by atoms with Crippen molar-refractivity contribution in [3.63, 3.8) is 0 Å². The van der Waals surface area contributed by atoms with E-state index in [1.807, 2.05) is 35.1 Å². The SMILES string of the molecule is Cc1cc(N)ccc1NC(C)Cn1cccn1. The third-order valence-corrected chi connectivity index (χ3v) is 2.67. The zero-order chi connectivity index (χ0) is 12.3. The number of nitrogens with zero attached hydrogens (tertiary/aromatic N) is 2. The van der Waals surface area contributed by atoms with Gasteiger partial charge in [0.2, 0.25) is 0 Å². The first kappa shape index (κ1) is 11.5. The van der Waals surface area contributed by atoms with Crippen molar-refractivity contribution in [1.29, 1.82) is 0 Å². The lowest BCUT2D eigenvalue weighted by Crippen LogP contribution is -2.22. The molecule has 0 aliphatic carbocycles. The molecule has 0 aliphatic rings. The third kappa shape index (κ3) is 3.00. The topological polar surface area (TPSA) is 55.9 Å². The van der Waals surface area contributed by atoms with Gasteiger partial charge in [0.1, 0.15) is 0 Å². The summed E-state index contributed by atoms with van der Waals surface area (Å²) in [5, 5.41) is 7.65. The average molecular weight is 230 g/mol. The quantitative estimate of drug-likeness (QED) is 0.792. The second-order valence-corrected chi connectivity index (χ2v) is 4.35. The normalized spacial score (nSPS) is 12.4. The highest BCUT2D eigenvalue weighted by molar-refractivity contribution is 5.57. The summed E-state index contributed by atoms with van der Waals surface area (Å²) in [5.74, 6) is 0. The first-order chi connectivity index (χ1) is 8.15. The van der Waals surface area contributed by atoms with E-state index in [0.717, 1.165) is 23.5 Å². The standard InChI is InChI=1S/C13H18N4/c1-10-8-12(14)4-5-13(10)16-11(2)9-17-7-3-6-15-17/h3-8,11,16H,9,14H2,1-2H3. The fraction of sp³-hybridized carbons (Fsp3) is 0.308. The van der Waals surface area contributed by atoms with E-state index in [0.29, 0.717) is 6.04 Å². The summed E-state index contributed by atoms with van der Waals surface area (Å²) in [6.45, 7) is 5.04. The Morgan fingerprint density at radius 2 is 2.29 bits per heavy atom. The van der Waals surface area contributed by atoms with Gasteiger partial charge in [-0.05, 0) is 43.7 Å². The van der Waals surface area contributed by atoms with Crippen LogP contribution < -0.4 is 11.1 Å². The monoisotopic (exact) mass is 230 g/mol. The Hall–Kier alpha value is -1.97. The number of rotatable bonds is 4. The summed E-state index contributed by atoms with van der Waals surface area (Å²) in [6, 6.07) is 8.15. The van der Waals surface area contributed by atoms with Crippen molar-refractivity contribution in [3.8, 4) is 0 Å². The van der Waals surface area contributed by atoms with E-state index in [9.17, 15) is 0 Å². The van der Waals surface area contributed by atoms with Crippen LogP contribution in [0.25, 0.3) is 0 Å². The first-order valence-electron chi connectivity index (χ1n) is 5.75. The van der Waals surface area contributed by atoms with Crippen LogP contribution in [-0.2, 0) is 6.54 Å². The van der Waals surface area contributed by atoms with Crippen molar-refractivity contribution >= 4 is 11.4 Å². The van der Waals surface area contributed by atoms with E-state index in [-0.39, 0.29) is 0 Å². The predicted octanol–water partition coefficient (Wildman–Crippen LogP) is 2.27. The van der Waals surface area contributed by atoms with Gasteiger partial charge in [-0.15, -0.1) is 0 Å². The van der Waals surface area contributed by atoms with Crippen LogP contribution in [0.2, 0.25) is 0 Å². The number of hydrogen-bond acceptors (Lipinski definition) is 3. The highest BCUT2D eigenvalue weighted by atomic mass is 15.3. The van der Waals surface area contributed by atoms with Gasteiger partial charge >= 0.3 is 0 Å². The van der Waals surface area contributed by atoms with Crippen molar-refractivity contribution in [2.75, 3.05) is 11.1 Å². The third-order valence-electron chi connectivity index (χ3n) is 2.67. The Morgan fingerprint density at radius 3 is 2.94 bits per heavy atom. The molecule has 0 saturated carbocycles. The Kier molecular flexibility index (Phi) is 3.32. The predicted molar refractivity (Wildman–Crippen MR) is 70.9 cm³/mol. The molecule has 4 heteroatoms. The molecule has 2 rings (SSSR count). The molecule has 1 heterocycles. The van der Waals surface area contributed by atoms with E-state index >= 15 is 0 Å². The number of hydrogen-bond donors (Lipinski definition) is 2. The van der Waals surface area contributed by atoms with Gasteiger partial charge in [0, 0.05) is 29.8 Å². The van der Waals surface area contributed by atoms with Crippen LogP contribution in [0, 0.1) is 6.92 Å².